The number of rotatable bonds is 3. The zero-order chi connectivity index (χ0) is 8.69. The van der Waals surface area contributed by atoms with E-state index in [0.29, 0.717) is 5.75 Å². The van der Waals surface area contributed by atoms with Gasteiger partial charge < -0.3 is 5.73 Å². The molecule has 0 radical (unpaired) electrons. The summed E-state index contributed by atoms with van der Waals surface area (Å²) in [6, 6.07) is -0.413. The quantitative estimate of drug-likeness (QED) is 0.261. The monoisotopic (exact) mass is 191 g/mol. The molecule has 0 bridgehead atoms. The number of urea groups is 1. The van der Waals surface area contributed by atoms with Crippen molar-refractivity contribution in [3.05, 3.63) is 12.7 Å². The Morgan fingerprint density at radius 3 is 2.91 bits per heavy atom. The van der Waals surface area contributed by atoms with Crippen molar-refractivity contribution in [1.82, 2.24) is 10.0 Å². The Labute approximate surface area is 74.7 Å². The highest BCUT2D eigenvalue weighted by Gasteiger charge is 1.97. The molecule has 62 valence electrons. The molecule has 0 aliphatic carbocycles. The van der Waals surface area contributed by atoms with E-state index in [-0.39, 0.29) is 5.11 Å². The summed E-state index contributed by atoms with van der Waals surface area (Å²) in [6.07, 6.45) is 1.67. The van der Waals surface area contributed by atoms with Gasteiger partial charge in [0, 0.05) is 5.75 Å². The average molecular weight is 191 g/mol. The van der Waals surface area contributed by atoms with Gasteiger partial charge in [0.2, 0.25) is 0 Å². The summed E-state index contributed by atoms with van der Waals surface area (Å²) in [5.41, 5.74) is 5.03. The van der Waals surface area contributed by atoms with Gasteiger partial charge in [-0.15, -0.1) is 6.58 Å². The van der Waals surface area contributed by atoms with Crippen LogP contribution in [0.3, 0.4) is 0 Å². The zero-order valence-corrected chi connectivity index (χ0v) is 7.43. The lowest BCUT2D eigenvalue weighted by Crippen LogP contribution is -2.39. The van der Waals surface area contributed by atoms with Gasteiger partial charge in [0.15, 0.2) is 5.11 Å². The van der Waals surface area contributed by atoms with E-state index in [4.69, 9.17) is 5.73 Å². The molecular formula is C5H9N3OS2. The summed E-state index contributed by atoms with van der Waals surface area (Å²) in [7, 11) is 0. The van der Waals surface area contributed by atoms with Crippen molar-refractivity contribution in [1.29, 1.82) is 0 Å². The maximum atomic E-state index is 10.7. The summed E-state index contributed by atoms with van der Waals surface area (Å²) >= 11 is 5.64. The largest absolute Gasteiger partial charge is 0.376 e. The molecule has 0 aromatic rings. The van der Waals surface area contributed by atoms with Crippen LogP contribution in [0.2, 0.25) is 0 Å². The first kappa shape index (κ1) is 10.2. The maximum Gasteiger partial charge on any atom is 0.330 e. The van der Waals surface area contributed by atoms with Crippen molar-refractivity contribution in [3.8, 4) is 0 Å². The predicted octanol–water partition coefficient (Wildman–Crippen LogP) is 0.363. The fourth-order valence-corrected chi connectivity index (χ4v) is 0.780. The van der Waals surface area contributed by atoms with E-state index in [1.54, 1.807) is 6.08 Å². The number of hydrogen-bond donors (Lipinski definition) is 3. The van der Waals surface area contributed by atoms with E-state index in [0.717, 1.165) is 0 Å². The first-order valence-corrected chi connectivity index (χ1v) is 4.15. The molecule has 0 aliphatic heterocycles. The molecule has 11 heavy (non-hydrogen) atoms. The van der Waals surface area contributed by atoms with Gasteiger partial charge in [-0.25, -0.2) is 4.79 Å². The van der Waals surface area contributed by atoms with Gasteiger partial charge in [-0.05, 0) is 24.2 Å². The molecule has 0 fully saturated rings. The molecule has 4 nitrogen and oxygen atoms in total. The second-order valence-corrected chi connectivity index (χ2v) is 2.79. The highest BCUT2D eigenvalue weighted by Crippen LogP contribution is 1.90. The third-order valence-electron chi connectivity index (χ3n) is 0.603. The molecule has 0 saturated heterocycles. The van der Waals surface area contributed by atoms with Crippen LogP contribution in [-0.4, -0.2) is 16.9 Å². The summed E-state index contributed by atoms with van der Waals surface area (Å²) in [4.78, 5) is 10.7. The molecule has 0 saturated carbocycles. The second-order valence-electron chi connectivity index (χ2n) is 1.52. The van der Waals surface area contributed by atoms with Crippen LogP contribution in [0.5, 0.6) is 0 Å². The lowest BCUT2D eigenvalue weighted by molar-refractivity contribution is 0.251. The van der Waals surface area contributed by atoms with Crippen molar-refractivity contribution in [3.63, 3.8) is 0 Å². The van der Waals surface area contributed by atoms with Crippen molar-refractivity contribution in [2.75, 3.05) is 5.75 Å². The third-order valence-corrected chi connectivity index (χ3v) is 1.44. The molecule has 0 unspecified atom stereocenters. The van der Waals surface area contributed by atoms with Gasteiger partial charge in [-0.1, -0.05) is 6.08 Å². The molecule has 0 aliphatic rings. The molecule has 0 rings (SSSR count). The van der Waals surface area contributed by atoms with E-state index in [2.05, 4.69) is 28.8 Å². The summed E-state index contributed by atoms with van der Waals surface area (Å²) in [5, 5.41) is 2.17. The number of hydrogen-bond acceptors (Lipinski definition) is 3. The van der Waals surface area contributed by atoms with Gasteiger partial charge >= 0.3 is 6.03 Å². The number of amides is 2. The Kier molecular flexibility index (Phi) is 5.58. The Morgan fingerprint density at radius 1 is 1.82 bits per heavy atom. The lowest BCUT2D eigenvalue weighted by Gasteiger charge is -2.02. The van der Waals surface area contributed by atoms with E-state index < -0.39 is 6.03 Å². The molecule has 6 heteroatoms. The first-order chi connectivity index (χ1) is 5.16. The molecule has 0 atom stereocenters. The predicted molar refractivity (Wildman–Crippen MR) is 51.1 cm³/mol. The summed E-state index contributed by atoms with van der Waals surface area (Å²) in [5.74, 6) is 0.644. The number of nitrogens with two attached hydrogens (primary N) is 1. The minimum absolute atomic E-state index is 0.0401. The van der Waals surface area contributed by atoms with E-state index >= 15 is 0 Å². The minimum atomic E-state index is -0.413. The van der Waals surface area contributed by atoms with Crippen LogP contribution in [0.25, 0.3) is 0 Å². The van der Waals surface area contributed by atoms with Gasteiger partial charge in [-0.3, -0.25) is 10.0 Å². The molecule has 2 amide bonds. The SMILES string of the molecule is C=CCSNC(=O)NC(N)=S. The van der Waals surface area contributed by atoms with Crippen LogP contribution in [0, 0.1) is 0 Å². The molecule has 0 aromatic carbocycles. The average Bonchev–Trinajstić information content (AvgIpc) is 1.86. The highest BCUT2D eigenvalue weighted by atomic mass is 32.2. The van der Waals surface area contributed by atoms with Gasteiger partial charge in [0.25, 0.3) is 0 Å². The number of thiocarbonyl (C=S) groups is 1. The van der Waals surface area contributed by atoms with E-state index in [1.807, 2.05) is 0 Å². The third kappa shape index (κ3) is 7.14. The zero-order valence-electron chi connectivity index (χ0n) is 5.79. The van der Waals surface area contributed by atoms with Crippen LogP contribution in [0.15, 0.2) is 12.7 Å². The topological polar surface area (TPSA) is 67.2 Å². The van der Waals surface area contributed by atoms with Crippen molar-refractivity contribution < 1.29 is 4.79 Å². The summed E-state index contributed by atoms with van der Waals surface area (Å²) in [6.45, 7) is 3.48. The van der Waals surface area contributed by atoms with Crippen LogP contribution < -0.4 is 15.8 Å². The first-order valence-electron chi connectivity index (χ1n) is 2.76. The molecular weight excluding hydrogens is 182 g/mol. The standard InChI is InChI=1S/C5H9N3OS2/c1-2-3-11-8-5(9)7-4(6)10/h2H,1,3H2,(H4,6,7,8,9,10). The molecule has 0 heterocycles. The minimum Gasteiger partial charge on any atom is -0.376 e. The van der Waals surface area contributed by atoms with E-state index in [9.17, 15) is 4.79 Å². The number of nitrogens with one attached hydrogen (secondary N) is 2. The van der Waals surface area contributed by atoms with Crippen LogP contribution in [0.1, 0.15) is 0 Å². The van der Waals surface area contributed by atoms with Gasteiger partial charge in [0.05, 0.1) is 0 Å². The van der Waals surface area contributed by atoms with Gasteiger partial charge in [-0.2, -0.15) is 0 Å². The fourth-order valence-electron chi connectivity index (χ4n) is 0.304. The maximum absolute atomic E-state index is 10.7. The molecule has 4 N–H and O–H groups in total. The smallest absolute Gasteiger partial charge is 0.330 e. The Morgan fingerprint density at radius 2 is 2.45 bits per heavy atom. The van der Waals surface area contributed by atoms with Crippen molar-refractivity contribution >= 4 is 35.3 Å². The van der Waals surface area contributed by atoms with Crippen molar-refractivity contribution in [2.45, 2.75) is 0 Å². The highest BCUT2D eigenvalue weighted by molar-refractivity contribution is 7.98. The van der Waals surface area contributed by atoms with Crippen molar-refractivity contribution in [2.24, 2.45) is 5.73 Å². The Bertz CT molecular complexity index is 171. The van der Waals surface area contributed by atoms with E-state index in [1.165, 1.54) is 11.9 Å². The van der Waals surface area contributed by atoms with Crippen LogP contribution >= 0.6 is 24.2 Å². The van der Waals surface area contributed by atoms with Gasteiger partial charge in [0.1, 0.15) is 0 Å². The van der Waals surface area contributed by atoms with Crippen LogP contribution in [0.4, 0.5) is 4.79 Å². The second kappa shape index (κ2) is 5.99. The number of carbonyl (C=O) groups excluding carboxylic acids is 1. The van der Waals surface area contributed by atoms with Crippen LogP contribution in [-0.2, 0) is 0 Å². The Hall–Kier alpha value is -0.750. The normalized spacial score (nSPS) is 8.36. The molecule has 0 aromatic heterocycles. The fraction of sp³-hybridized carbons (Fsp3) is 0.200. The summed E-state index contributed by atoms with van der Waals surface area (Å²) < 4.78 is 2.44. The lowest BCUT2D eigenvalue weighted by atomic mass is 10.8. The Balaban J connectivity index is 3.37. The molecule has 0 spiro atoms. The number of carbonyl (C=O) groups is 1.